The Bertz CT molecular complexity index is 373. The number of carbonyl (C=O) groups excluding carboxylic acids is 1. The largest absolute Gasteiger partial charge is 0.371 e. The number of anilines is 1. The number of hydrogen-bond donors (Lipinski definition) is 0. The lowest BCUT2D eigenvalue weighted by Gasteiger charge is -2.20. The van der Waals surface area contributed by atoms with Crippen molar-refractivity contribution in [3.05, 3.63) is 29.3 Å². The second-order valence-corrected chi connectivity index (χ2v) is 4.19. The molecule has 0 fully saturated rings. The van der Waals surface area contributed by atoms with Crippen LogP contribution in [0.25, 0.3) is 0 Å². The molecule has 0 saturated heterocycles. The molecule has 1 aromatic carbocycles. The van der Waals surface area contributed by atoms with Crippen LogP contribution in [0.4, 0.5) is 5.69 Å². The second kappa shape index (κ2) is 4.05. The average molecular weight is 203 g/mol. The SMILES string of the molecule is CCc1ccc2c(c1)CC(CC=O)N2C. The van der Waals surface area contributed by atoms with E-state index in [1.54, 1.807) is 0 Å². The van der Waals surface area contributed by atoms with Crippen LogP contribution in [0, 0.1) is 0 Å². The molecule has 0 saturated carbocycles. The van der Waals surface area contributed by atoms with Crippen LogP contribution < -0.4 is 4.90 Å². The van der Waals surface area contributed by atoms with Crippen molar-refractivity contribution in [3.63, 3.8) is 0 Å². The molecular formula is C13H17NO. The number of aldehydes is 1. The topological polar surface area (TPSA) is 20.3 Å². The van der Waals surface area contributed by atoms with Crippen molar-refractivity contribution in [1.82, 2.24) is 0 Å². The highest BCUT2D eigenvalue weighted by Crippen LogP contribution is 2.32. The Labute approximate surface area is 90.9 Å². The highest BCUT2D eigenvalue weighted by atomic mass is 16.1. The molecule has 0 radical (unpaired) electrons. The number of carbonyl (C=O) groups is 1. The van der Waals surface area contributed by atoms with Gasteiger partial charge in [0.2, 0.25) is 0 Å². The summed E-state index contributed by atoms with van der Waals surface area (Å²) in [5, 5.41) is 0. The van der Waals surface area contributed by atoms with Crippen LogP contribution in [-0.4, -0.2) is 19.4 Å². The fourth-order valence-corrected chi connectivity index (χ4v) is 2.31. The monoisotopic (exact) mass is 203 g/mol. The van der Waals surface area contributed by atoms with Crippen molar-refractivity contribution in [1.29, 1.82) is 0 Å². The van der Waals surface area contributed by atoms with Gasteiger partial charge in [-0.05, 0) is 30.0 Å². The number of likely N-dealkylation sites (N-methyl/N-ethyl adjacent to an activating group) is 1. The van der Waals surface area contributed by atoms with Gasteiger partial charge < -0.3 is 9.69 Å². The smallest absolute Gasteiger partial charge is 0.122 e. The maximum Gasteiger partial charge on any atom is 0.122 e. The molecule has 1 aliphatic rings. The van der Waals surface area contributed by atoms with Crippen LogP contribution in [0.5, 0.6) is 0 Å². The Balaban J connectivity index is 2.28. The summed E-state index contributed by atoms with van der Waals surface area (Å²) in [7, 11) is 2.08. The number of hydrogen-bond acceptors (Lipinski definition) is 2. The van der Waals surface area contributed by atoms with Gasteiger partial charge in [-0.25, -0.2) is 0 Å². The summed E-state index contributed by atoms with van der Waals surface area (Å²) in [6, 6.07) is 7.00. The van der Waals surface area contributed by atoms with Crippen LogP contribution in [-0.2, 0) is 17.6 Å². The Kier molecular flexibility index (Phi) is 2.76. The van der Waals surface area contributed by atoms with Crippen molar-refractivity contribution in [2.24, 2.45) is 0 Å². The summed E-state index contributed by atoms with van der Waals surface area (Å²) in [5.74, 6) is 0. The van der Waals surface area contributed by atoms with E-state index in [1.807, 2.05) is 0 Å². The molecule has 0 aliphatic carbocycles. The fraction of sp³-hybridized carbons (Fsp3) is 0.462. The third-order valence-corrected chi connectivity index (χ3v) is 3.30. The molecule has 1 atom stereocenters. The minimum atomic E-state index is 0.365. The maximum absolute atomic E-state index is 10.6. The van der Waals surface area contributed by atoms with E-state index in [2.05, 4.69) is 37.1 Å². The molecule has 80 valence electrons. The molecule has 1 heterocycles. The van der Waals surface area contributed by atoms with E-state index in [1.165, 1.54) is 16.8 Å². The Morgan fingerprint density at radius 2 is 2.33 bits per heavy atom. The number of rotatable bonds is 3. The Hall–Kier alpha value is -1.31. The maximum atomic E-state index is 10.6. The van der Waals surface area contributed by atoms with Crippen LogP contribution in [0.15, 0.2) is 18.2 Å². The number of benzene rings is 1. The highest BCUT2D eigenvalue weighted by molar-refractivity contribution is 5.63. The molecule has 0 bridgehead atoms. The van der Waals surface area contributed by atoms with Gasteiger partial charge in [0.05, 0.1) is 0 Å². The van der Waals surface area contributed by atoms with Crippen LogP contribution in [0.3, 0.4) is 0 Å². The Morgan fingerprint density at radius 1 is 1.53 bits per heavy atom. The first kappa shape index (κ1) is 10.2. The van der Waals surface area contributed by atoms with Crippen molar-refractivity contribution in [3.8, 4) is 0 Å². The fourth-order valence-electron chi connectivity index (χ4n) is 2.31. The van der Waals surface area contributed by atoms with Gasteiger partial charge in [0, 0.05) is 25.2 Å². The van der Waals surface area contributed by atoms with Gasteiger partial charge in [-0.3, -0.25) is 0 Å². The summed E-state index contributed by atoms with van der Waals surface area (Å²) in [6.07, 6.45) is 3.74. The molecule has 1 unspecified atom stereocenters. The van der Waals surface area contributed by atoms with E-state index in [-0.39, 0.29) is 0 Å². The van der Waals surface area contributed by atoms with Gasteiger partial charge in [-0.15, -0.1) is 0 Å². The number of aryl methyl sites for hydroxylation is 1. The van der Waals surface area contributed by atoms with E-state index in [0.717, 1.165) is 19.1 Å². The summed E-state index contributed by atoms with van der Waals surface area (Å²) >= 11 is 0. The second-order valence-electron chi connectivity index (χ2n) is 4.19. The van der Waals surface area contributed by atoms with Gasteiger partial charge in [0.15, 0.2) is 0 Å². The molecule has 0 aromatic heterocycles. The zero-order valence-electron chi connectivity index (χ0n) is 9.36. The van der Waals surface area contributed by atoms with Gasteiger partial charge in [-0.2, -0.15) is 0 Å². The minimum absolute atomic E-state index is 0.365. The van der Waals surface area contributed by atoms with Gasteiger partial charge >= 0.3 is 0 Å². The first-order chi connectivity index (χ1) is 7.26. The summed E-state index contributed by atoms with van der Waals surface area (Å²) in [4.78, 5) is 12.8. The standard InChI is InChI=1S/C13H17NO/c1-3-10-4-5-13-11(8-10)9-12(6-7-15)14(13)2/h4-5,7-8,12H,3,6,9H2,1-2H3. The third-order valence-electron chi connectivity index (χ3n) is 3.30. The van der Waals surface area contributed by atoms with Crippen molar-refractivity contribution < 1.29 is 4.79 Å². The summed E-state index contributed by atoms with van der Waals surface area (Å²) in [5.41, 5.74) is 4.07. The molecule has 0 amide bonds. The lowest BCUT2D eigenvalue weighted by atomic mass is 10.0. The average Bonchev–Trinajstić information content (AvgIpc) is 2.56. The third kappa shape index (κ3) is 1.76. The van der Waals surface area contributed by atoms with Crippen molar-refractivity contribution >= 4 is 12.0 Å². The van der Waals surface area contributed by atoms with E-state index in [4.69, 9.17) is 0 Å². The molecular weight excluding hydrogens is 186 g/mol. The number of fused-ring (bicyclic) bond motifs is 1. The Morgan fingerprint density at radius 3 is 3.00 bits per heavy atom. The highest BCUT2D eigenvalue weighted by Gasteiger charge is 2.25. The normalized spacial score (nSPS) is 19.1. The molecule has 1 aromatic rings. The molecule has 2 rings (SSSR count). The van der Waals surface area contributed by atoms with Crippen LogP contribution in [0.1, 0.15) is 24.5 Å². The predicted molar refractivity (Wildman–Crippen MR) is 62.4 cm³/mol. The molecule has 1 aliphatic heterocycles. The number of nitrogens with zero attached hydrogens (tertiary/aromatic N) is 1. The van der Waals surface area contributed by atoms with E-state index in [0.29, 0.717) is 12.5 Å². The van der Waals surface area contributed by atoms with Crippen LogP contribution in [0.2, 0.25) is 0 Å². The molecule has 2 heteroatoms. The zero-order valence-corrected chi connectivity index (χ0v) is 9.36. The van der Waals surface area contributed by atoms with Crippen molar-refractivity contribution in [2.45, 2.75) is 32.2 Å². The summed E-state index contributed by atoms with van der Waals surface area (Å²) in [6.45, 7) is 2.17. The van der Waals surface area contributed by atoms with Gasteiger partial charge in [-0.1, -0.05) is 19.1 Å². The molecule has 0 spiro atoms. The first-order valence-corrected chi connectivity index (χ1v) is 5.54. The lowest BCUT2D eigenvalue weighted by Crippen LogP contribution is -2.27. The minimum Gasteiger partial charge on any atom is -0.371 e. The van der Waals surface area contributed by atoms with E-state index >= 15 is 0 Å². The molecule has 15 heavy (non-hydrogen) atoms. The van der Waals surface area contributed by atoms with Gasteiger partial charge in [0.1, 0.15) is 6.29 Å². The van der Waals surface area contributed by atoms with E-state index < -0.39 is 0 Å². The van der Waals surface area contributed by atoms with Crippen LogP contribution >= 0.6 is 0 Å². The zero-order chi connectivity index (χ0) is 10.8. The van der Waals surface area contributed by atoms with E-state index in [9.17, 15) is 4.79 Å². The van der Waals surface area contributed by atoms with Crippen molar-refractivity contribution in [2.75, 3.05) is 11.9 Å². The quantitative estimate of drug-likeness (QED) is 0.702. The molecule has 0 N–H and O–H groups in total. The lowest BCUT2D eigenvalue weighted by molar-refractivity contribution is -0.108. The predicted octanol–water partition coefficient (Wildman–Crippen LogP) is 2.20. The first-order valence-electron chi connectivity index (χ1n) is 5.54. The molecule has 2 nitrogen and oxygen atoms in total. The van der Waals surface area contributed by atoms with Gasteiger partial charge in [0.25, 0.3) is 0 Å². The summed E-state index contributed by atoms with van der Waals surface area (Å²) < 4.78 is 0.